The molecule has 0 saturated carbocycles. The van der Waals surface area contributed by atoms with Gasteiger partial charge in [-0.05, 0) is 24.6 Å². The Morgan fingerprint density at radius 2 is 2.09 bits per heavy atom. The molecule has 0 bridgehead atoms. The summed E-state index contributed by atoms with van der Waals surface area (Å²) in [5, 5.41) is 1.14. The fraction of sp³-hybridized carbons (Fsp3) is 0.111. The number of hydrogen-bond acceptors (Lipinski definition) is 1. The standard InChI is InChI=1S/C9H7BrO/c1-6-2-3-8(10)7-4-5-11-9(6)7/h2-5H,1H3. The van der Waals surface area contributed by atoms with Crippen LogP contribution in [-0.2, 0) is 0 Å². The largest absolute Gasteiger partial charge is 0.464 e. The molecule has 1 aromatic carbocycles. The molecule has 0 unspecified atom stereocenters. The number of aryl methyl sites for hydroxylation is 1. The van der Waals surface area contributed by atoms with Gasteiger partial charge >= 0.3 is 0 Å². The van der Waals surface area contributed by atoms with Crippen molar-refractivity contribution in [2.75, 3.05) is 0 Å². The highest BCUT2D eigenvalue weighted by Crippen LogP contribution is 2.26. The number of fused-ring (bicyclic) bond motifs is 1. The van der Waals surface area contributed by atoms with Crippen molar-refractivity contribution < 1.29 is 4.42 Å². The van der Waals surface area contributed by atoms with E-state index in [9.17, 15) is 0 Å². The van der Waals surface area contributed by atoms with Crippen molar-refractivity contribution in [1.29, 1.82) is 0 Å². The van der Waals surface area contributed by atoms with Gasteiger partial charge in [0.05, 0.1) is 6.26 Å². The van der Waals surface area contributed by atoms with Crippen LogP contribution < -0.4 is 0 Å². The topological polar surface area (TPSA) is 13.1 Å². The molecule has 1 nitrogen and oxygen atoms in total. The maximum absolute atomic E-state index is 5.30. The van der Waals surface area contributed by atoms with E-state index in [1.54, 1.807) is 6.26 Å². The van der Waals surface area contributed by atoms with Gasteiger partial charge in [0.15, 0.2) is 0 Å². The molecular weight excluding hydrogens is 204 g/mol. The number of halogens is 1. The van der Waals surface area contributed by atoms with Gasteiger partial charge in [-0.3, -0.25) is 0 Å². The first-order valence-electron chi connectivity index (χ1n) is 3.41. The van der Waals surface area contributed by atoms with Crippen molar-refractivity contribution in [3.63, 3.8) is 0 Å². The van der Waals surface area contributed by atoms with Gasteiger partial charge in [-0.2, -0.15) is 0 Å². The molecule has 0 spiro atoms. The van der Waals surface area contributed by atoms with Crippen molar-refractivity contribution in [1.82, 2.24) is 0 Å². The summed E-state index contributed by atoms with van der Waals surface area (Å²) in [6.45, 7) is 2.04. The zero-order valence-corrected chi connectivity index (χ0v) is 7.68. The molecule has 1 aromatic heterocycles. The summed E-state index contributed by atoms with van der Waals surface area (Å²) in [7, 11) is 0. The summed E-state index contributed by atoms with van der Waals surface area (Å²) in [5.41, 5.74) is 2.15. The van der Waals surface area contributed by atoms with Crippen LogP contribution in [0.5, 0.6) is 0 Å². The first-order valence-corrected chi connectivity index (χ1v) is 4.20. The molecule has 0 atom stereocenters. The van der Waals surface area contributed by atoms with E-state index in [0.717, 1.165) is 15.4 Å². The lowest BCUT2D eigenvalue weighted by atomic mass is 10.2. The summed E-state index contributed by atoms with van der Waals surface area (Å²) >= 11 is 3.45. The van der Waals surface area contributed by atoms with E-state index in [1.165, 1.54) is 5.56 Å². The highest BCUT2D eigenvalue weighted by atomic mass is 79.9. The molecule has 56 valence electrons. The first-order chi connectivity index (χ1) is 5.29. The average Bonchev–Trinajstić information content (AvgIpc) is 2.45. The van der Waals surface area contributed by atoms with Crippen molar-refractivity contribution in [2.24, 2.45) is 0 Å². The van der Waals surface area contributed by atoms with Gasteiger partial charge in [0.1, 0.15) is 5.58 Å². The summed E-state index contributed by atoms with van der Waals surface area (Å²) < 4.78 is 6.39. The molecule has 0 radical (unpaired) electrons. The Labute approximate surface area is 73.1 Å². The molecule has 2 rings (SSSR count). The monoisotopic (exact) mass is 210 g/mol. The quantitative estimate of drug-likeness (QED) is 0.649. The van der Waals surface area contributed by atoms with E-state index in [4.69, 9.17) is 4.42 Å². The molecule has 11 heavy (non-hydrogen) atoms. The molecule has 0 amide bonds. The van der Waals surface area contributed by atoms with Crippen molar-refractivity contribution in [2.45, 2.75) is 6.92 Å². The summed E-state index contributed by atoms with van der Waals surface area (Å²) in [6, 6.07) is 6.04. The van der Waals surface area contributed by atoms with Crippen LogP contribution in [0.2, 0.25) is 0 Å². The fourth-order valence-corrected chi connectivity index (χ4v) is 1.61. The lowest BCUT2D eigenvalue weighted by Gasteiger charge is -1.95. The third-order valence-corrected chi connectivity index (χ3v) is 2.45. The highest BCUT2D eigenvalue weighted by Gasteiger charge is 2.02. The van der Waals surface area contributed by atoms with Gasteiger partial charge in [0, 0.05) is 9.86 Å². The van der Waals surface area contributed by atoms with Gasteiger partial charge in [-0.15, -0.1) is 0 Å². The van der Waals surface area contributed by atoms with Gasteiger partial charge < -0.3 is 4.42 Å². The summed E-state index contributed by atoms with van der Waals surface area (Å²) in [5.74, 6) is 0. The van der Waals surface area contributed by atoms with Gasteiger partial charge in [0.2, 0.25) is 0 Å². The summed E-state index contributed by atoms with van der Waals surface area (Å²) in [4.78, 5) is 0. The van der Waals surface area contributed by atoms with E-state index < -0.39 is 0 Å². The molecule has 0 fully saturated rings. The third kappa shape index (κ3) is 0.979. The number of rotatable bonds is 0. The van der Waals surface area contributed by atoms with E-state index in [1.807, 2.05) is 25.1 Å². The Morgan fingerprint density at radius 1 is 1.27 bits per heavy atom. The van der Waals surface area contributed by atoms with Crippen LogP contribution in [0.3, 0.4) is 0 Å². The zero-order chi connectivity index (χ0) is 7.84. The number of furan rings is 1. The lowest BCUT2D eigenvalue weighted by molar-refractivity contribution is 0.613. The predicted molar refractivity (Wildman–Crippen MR) is 48.7 cm³/mol. The van der Waals surface area contributed by atoms with Crippen molar-refractivity contribution in [3.8, 4) is 0 Å². The Hall–Kier alpha value is -0.760. The average molecular weight is 211 g/mol. The fourth-order valence-electron chi connectivity index (χ4n) is 1.17. The van der Waals surface area contributed by atoms with Crippen LogP contribution in [0, 0.1) is 6.92 Å². The van der Waals surface area contributed by atoms with E-state index in [-0.39, 0.29) is 0 Å². The SMILES string of the molecule is Cc1ccc(Br)c2ccoc12. The molecule has 0 aliphatic heterocycles. The molecule has 2 aromatic rings. The van der Waals surface area contributed by atoms with E-state index >= 15 is 0 Å². The first kappa shape index (κ1) is 6.92. The third-order valence-electron chi connectivity index (χ3n) is 1.76. The second-order valence-corrected chi connectivity index (χ2v) is 3.38. The Bertz CT molecular complexity index is 353. The van der Waals surface area contributed by atoms with Gasteiger partial charge in [-0.1, -0.05) is 22.0 Å². The Morgan fingerprint density at radius 3 is 2.82 bits per heavy atom. The molecule has 0 aliphatic carbocycles. The van der Waals surface area contributed by atoms with Gasteiger partial charge in [0.25, 0.3) is 0 Å². The lowest BCUT2D eigenvalue weighted by Crippen LogP contribution is -1.72. The minimum absolute atomic E-state index is 0.972. The highest BCUT2D eigenvalue weighted by molar-refractivity contribution is 9.10. The second kappa shape index (κ2) is 2.38. The Kier molecular flexibility index (Phi) is 1.50. The Balaban J connectivity index is 2.96. The number of hydrogen-bond donors (Lipinski definition) is 0. The van der Waals surface area contributed by atoms with Crippen LogP contribution in [0.1, 0.15) is 5.56 Å². The normalized spacial score (nSPS) is 10.7. The minimum Gasteiger partial charge on any atom is -0.464 e. The summed E-state index contributed by atoms with van der Waals surface area (Å²) in [6.07, 6.45) is 1.71. The predicted octanol–water partition coefficient (Wildman–Crippen LogP) is 3.50. The molecule has 0 saturated heterocycles. The second-order valence-electron chi connectivity index (χ2n) is 2.53. The molecule has 0 aliphatic rings. The maximum atomic E-state index is 5.30. The van der Waals surface area contributed by atoms with Crippen molar-refractivity contribution >= 4 is 26.9 Å². The maximum Gasteiger partial charge on any atom is 0.137 e. The molecule has 2 heteroatoms. The van der Waals surface area contributed by atoms with E-state index in [0.29, 0.717) is 0 Å². The van der Waals surface area contributed by atoms with Crippen LogP contribution >= 0.6 is 15.9 Å². The molecular formula is C9H7BrO. The van der Waals surface area contributed by atoms with Gasteiger partial charge in [-0.25, -0.2) is 0 Å². The van der Waals surface area contributed by atoms with E-state index in [2.05, 4.69) is 15.9 Å². The van der Waals surface area contributed by atoms with Crippen LogP contribution in [0.15, 0.2) is 33.4 Å². The smallest absolute Gasteiger partial charge is 0.137 e. The van der Waals surface area contributed by atoms with Crippen LogP contribution in [0.25, 0.3) is 11.0 Å². The number of benzene rings is 1. The van der Waals surface area contributed by atoms with Crippen molar-refractivity contribution in [3.05, 3.63) is 34.5 Å². The minimum atomic E-state index is 0.972. The van der Waals surface area contributed by atoms with Crippen LogP contribution in [-0.4, -0.2) is 0 Å². The zero-order valence-electron chi connectivity index (χ0n) is 6.10. The molecule has 1 heterocycles. The van der Waals surface area contributed by atoms with Crippen LogP contribution in [0.4, 0.5) is 0 Å². The molecule has 0 N–H and O–H groups in total.